The second kappa shape index (κ2) is 5.91. The van der Waals surface area contributed by atoms with Crippen LogP contribution in [0.3, 0.4) is 0 Å². The van der Waals surface area contributed by atoms with E-state index in [1.807, 2.05) is 20.8 Å². The number of rotatable bonds is 3. The highest BCUT2D eigenvalue weighted by Crippen LogP contribution is 2.29. The molecule has 0 saturated carbocycles. The quantitative estimate of drug-likeness (QED) is 0.845. The average Bonchev–Trinajstić information content (AvgIpc) is 2.64. The highest BCUT2D eigenvalue weighted by atomic mass is 16.6. The Morgan fingerprint density at radius 2 is 2.06 bits per heavy atom. The van der Waals surface area contributed by atoms with Gasteiger partial charge >= 0.3 is 6.09 Å². The normalized spacial score (nSPS) is 22.4. The van der Waals surface area contributed by atoms with E-state index in [1.165, 1.54) is 0 Å². The third-order valence-corrected chi connectivity index (χ3v) is 3.55. The zero-order chi connectivity index (χ0) is 13.9. The van der Waals surface area contributed by atoms with Gasteiger partial charge in [-0.15, -0.1) is 0 Å². The minimum absolute atomic E-state index is 0.199. The van der Waals surface area contributed by atoms with Gasteiger partial charge in [-0.25, -0.2) is 4.79 Å². The van der Waals surface area contributed by atoms with Gasteiger partial charge in [0.05, 0.1) is 0 Å². The molecular weight excluding hydrogens is 230 g/mol. The molecule has 1 N–H and O–H groups in total. The third-order valence-electron chi connectivity index (χ3n) is 3.55. The van der Waals surface area contributed by atoms with Crippen molar-refractivity contribution in [2.45, 2.75) is 46.6 Å². The van der Waals surface area contributed by atoms with Crippen LogP contribution in [0, 0.1) is 17.8 Å². The van der Waals surface area contributed by atoms with E-state index in [4.69, 9.17) is 4.74 Å². The molecule has 2 unspecified atom stereocenters. The first kappa shape index (κ1) is 15.3. The summed E-state index contributed by atoms with van der Waals surface area (Å²) in [5.74, 6) is 1.11. The van der Waals surface area contributed by atoms with Gasteiger partial charge in [0.25, 0.3) is 0 Å². The summed E-state index contributed by atoms with van der Waals surface area (Å²) < 4.78 is 5.37. The Morgan fingerprint density at radius 3 is 2.50 bits per heavy atom. The second-order valence-corrected chi connectivity index (χ2v) is 6.57. The van der Waals surface area contributed by atoms with Crippen molar-refractivity contribution in [3.63, 3.8) is 0 Å². The van der Waals surface area contributed by atoms with E-state index in [2.05, 4.69) is 13.8 Å². The van der Waals surface area contributed by atoms with Crippen molar-refractivity contribution in [3.8, 4) is 0 Å². The molecule has 4 nitrogen and oxygen atoms in total. The van der Waals surface area contributed by atoms with Gasteiger partial charge in [-0.05, 0) is 44.9 Å². The SMILES string of the molecule is CC(C)C(CO)C1CCN(C(=O)OC(C)(C)C)C1. The fraction of sp³-hybridized carbons (Fsp3) is 0.929. The molecular formula is C14H27NO3. The molecule has 0 aromatic rings. The van der Waals surface area contributed by atoms with E-state index < -0.39 is 5.60 Å². The molecule has 0 radical (unpaired) electrons. The van der Waals surface area contributed by atoms with E-state index in [0.717, 1.165) is 13.0 Å². The van der Waals surface area contributed by atoms with Gasteiger partial charge in [-0.1, -0.05) is 13.8 Å². The Labute approximate surface area is 110 Å². The first-order chi connectivity index (χ1) is 8.24. The minimum atomic E-state index is -0.441. The van der Waals surface area contributed by atoms with Crippen molar-refractivity contribution in [2.75, 3.05) is 19.7 Å². The maximum absolute atomic E-state index is 11.9. The van der Waals surface area contributed by atoms with E-state index in [0.29, 0.717) is 18.4 Å². The summed E-state index contributed by atoms with van der Waals surface area (Å²) in [5, 5.41) is 9.43. The summed E-state index contributed by atoms with van der Waals surface area (Å²) in [6, 6.07) is 0. The number of nitrogens with zero attached hydrogens (tertiary/aromatic N) is 1. The van der Waals surface area contributed by atoms with Crippen molar-refractivity contribution in [2.24, 2.45) is 17.8 Å². The van der Waals surface area contributed by atoms with Crippen LogP contribution in [0.1, 0.15) is 41.0 Å². The molecule has 1 fully saturated rings. The van der Waals surface area contributed by atoms with Crippen molar-refractivity contribution >= 4 is 6.09 Å². The van der Waals surface area contributed by atoms with Crippen molar-refractivity contribution in [3.05, 3.63) is 0 Å². The van der Waals surface area contributed by atoms with E-state index in [1.54, 1.807) is 4.90 Å². The lowest BCUT2D eigenvalue weighted by molar-refractivity contribution is 0.0273. The smallest absolute Gasteiger partial charge is 0.410 e. The Morgan fingerprint density at radius 1 is 1.44 bits per heavy atom. The summed E-state index contributed by atoms with van der Waals surface area (Å²) in [6.45, 7) is 11.5. The zero-order valence-electron chi connectivity index (χ0n) is 12.3. The number of carbonyl (C=O) groups is 1. The van der Waals surface area contributed by atoms with Crippen molar-refractivity contribution in [1.29, 1.82) is 0 Å². The number of amides is 1. The number of likely N-dealkylation sites (tertiary alicyclic amines) is 1. The third kappa shape index (κ3) is 4.16. The van der Waals surface area contributed by atoms with Gasteiger partial charge in [-0.3, -0.25) is 0 Å². The van der Waals surface area contributed by atoms with Crippen LogP contribution >= 0.6 is 0 Å². The van der Waals surface area contributed by atoms with Crippen LogP contribution in [0.15, 0.2) is 0 Å². The minimum Gasteiger partial charge on any atom is -0.444 e. The molecule has 1 heterocycles. The Hall–Kier alpha value is -0.770. The molecule has 1 rings (SSSR count). The summed E-state index contributed by atoms with van der Waals surface area (Å²) in [5.41, 5.74) is -0.441. The lowest BCUT2D eigenvalue weighted by Gasteiger charge is -2.27. The van der Waals surface area contributed by atoms with E-state index in [-0.39, 0.29) is 18.6 Å². The fourth-order valence-corrected chi connectivity index (χ4v) is 2.53. The van der Waals surface area contributed by atoms with Gasteiger partial charge in [-0.2, -0.15) is 0 Å². The molecule has 0 aliphatic carbocycles. The summed E-state index contributed by atoms with van der Waals surface area (Å²) in [7, 11) is 0. The molecule has 0 spiro atoms. The van der Waals surface area contributed by atoms with Gasteiger partial charge in [0.1, 0.15) is 5.60 Å². The summed E-state index contributed by atoms with van der Waals surface area (Å²) in [4.78, 5) is 13.7. The largest absolute Gasteiger partial charge is 0.444 e. The molecule has 2 atom stereocenters. The van der Waals surface area contributed by atoms with Crippen LogP contribution in [0.2, 0.25) is 0 Å². The highest BCUT2D eigenvalue weighted by Gasteiger charge is 2.34. The molecule has 0 aromatic heterocycles. The first-order valence-corrected chi connectivity index (χ1v) is 6.83. The Kier molecular flexibility index (Phi) is 5.02. The van der Waals surface area contributed by atoms with Gasteiger partial charge < -0.3 is 14.7 Å². The zero-order valence-corrected chi connectivity index (χ0v) is 12.3. The number of ether oxygens (including phenoxy) is 1. The summed E-state index contributed by atoms with van der Waals surface area (Å²) >= 11 is 0. The Balaban J connectivity index is 2.53. The van der Waals surface area contributed by atoms with Crippen molar-refractivity contribution < 1.29 is 14.6 Å². The average molecular weight is 257 g/mol. The molecule has 1 aliphatic rings. The van der Waals surface area contributed by atoms with Gasteiger partial charge in [0, 0.05) is 19.7 Å². The maximum atomic E-state index is 11.9. The molecule has 1 saturated heterocycles. The maximum Gasteiger partial charge on any atom is 0.410 e. The van der Waals surface area contributed by atoms with Crippen LogP contribution in [0.5, 0.6) is 0 Å². The van der Waals surface area contributed by atoms with Crippen LogP contribution < -0.4 is 0 Å². The predicted octanol–water partition coefficient (Wildman–Crippen LogP) is 2.51. The molecule has 0 bridgehead atoms. The molecule has 4 heteroatoms. The number of carbonyl (C=O) groups excluding carboxylic acids is 1. The van der Waals surface area contributed by atoms with Crippen LogP contribution in [-0.4, -0.2) is 41.4 Å². The summed E-state index contributed by atoms with van der Waals surface area (Å²) in [6.07, 6.45) is 0.730. The predicted molar refractivity (Wildman–Crippen MR) is 71.3 cm³/mol. The standard InChI is InChI=1S/C14H27NO3/c1-10(2)12(9-16)11-6-7-15(8-11)13(17)18-14(3,4)5/h10-12,16H,6-9H2,1-5H3. The number of aliphatic hydroxyl groups is 1. The van der Waals surface area contributed by atoms with Gasteiger partial charge in [0.2, 0.25) is 0 Å². The number of aliphatic hydroxyl groups excluding tert-OH is 1. The van der Waals surface area contributed by atoms with E-state index >= 15 is 0 Å². The lowest BCUT2D eigenvalue weighted by atomic mass is 9.83. The van der Waals surface area contributed by atoms with Crippen LogP contribution in [-0.2, 0) is 4.74 Å². The molecule has 1 aliphatic heterocycles. The first-order valence-electron chi connectivity index (χ1n) is 6.83. The van der Waals surface area contributed by atoms with E-state index in [9.17, 15) is 9.90 Å². The van der Waals surface area contributed by atoms with Crippen LogP contribution in [0.4, 0.5) is 4.79 Å². The van der Waals surface area contributed by atoms with Crippen molar-refractivity contribution in [1.82, 2.24) is 4.90 Å². The molecule has 18 heavy (non-hydrogen) atoms. The fourth-order valence-electron chi connectivity index (χ4n) is 2.53. The van der Waals surface area contributed by atoms with Gasteiger partial charge in [0.15, 0.2) is 0 Å². The van der Waals surface area contributed by atoms with Crippen LogP contribution in [0.25, 0.3) is 0 Å². The topological polar surface area (TPSA) is 49.8 Å². The second-order valence-electron chi connectivity index (χ2n) is 6.57. The Bertz CT molecular complexity index is 283. The lowest BCUT2D eigenvalue weighted by Crippen LogP contribution is -2.36. The number of hydrogen-bond donors (Lipinski definition) is 1. The molecule has 106 valence electrons. The highest BCUT2D eigenvalue weighted by molar-refractivity contribution is 5.68. The number of hydrogen-bond acceptors (Lipinski definition) is 3. The monoisotopic (exact) mass is 257 g/mol. The molecule has 0 aromatic carbocycles. The molecule has 1 amide bonds.